The molecule has 1 aliphatic rings. The van der Waals surface area contributed by atoms with E-state index in [2.05, 4.69) is 0 Å². The summed E-state index contributed by atoms with van der Waals surface area (Å²) in [6.45, 7) is 4.31. The van der Waals surface area contributed by atoms with Crippen LogP contribution < -0.4 is 5.73 Å². The molecule has 2 N–H and O–H groups in total. The standard InChI is InChI=1S/C14H22N2O3S/c1-2-13-5-4-12(11-15)10-14(13)20(17,18)16-6-3-8-19-9-7-16/h4-5,10H,2-3,6-9,11,15H2,1H3. The van der Waals surface area contributed by atoms with Crippen molar-refractivity contribution in [1.82, 2.24) is 4.31 Å². The molecular formula is C14H22N2O3S. The Morgan fingerprint density at radius 3 is 2.80 bits per heavy atom. The van der Waals surface area contributed by atoms with Gasteiger partial charge in [0.25, 0.3) is 0 Å². The van der Waals surface area contributed by atoms with Crippen LogP contribution in [0.2, 0.25) is 0 Å². The van der Waals surface area contributed by atoms with Crippen molar-refractivity contribution >= 4 is 10.0 Å². The number of rotatable bonds is 4. The minimum atomic E-state index is -3.46. The van der Waals surface area contributed by atoms with Crippen molar-refractivity contribution < 1.29 is 13.2 Å². The molecule has 20 heavy (non-hydrogen) atoms. The van der Waals surface area contributed by atoms with Crippen molar-refractivity contribution in [3.05, 3.63) is 29.3 Å². The Morgan fingerprint density at radius 1 is 1.30 bits per heavy atom. The van der Waals surface area contributed by atoms with Gasteiger partial charge in [0.15, 0.2) is 0 Å². The van der Waals surface area contributed by atoms with Gasteiger partial charge in [-0.3, -0.25) is 0 Å². The summed E-state index contributed by atoms with van der Waals surface area (Å²) in [5.41, 5.74) is 7.31. The summed E-state index contributed by atoms with van der Waals surface area (Å²) in [5, 5.41) is 0. The molecular weight excluding hydrogens is 276 g/mol. The summed E-state index contributed by atoms with van der Waals surface area (Å²) < 4.78 is 32.5. The van der Waals surface area contributed by atoms with Crippen molar-refractivity contribution in [3.8, 4) is 0 Å². The molecule has 0 atom stereocenters. The van der Waals surface area contributed by atoms with E-state index in [1.165, 1.54) is 4.31 Å². The Kier molecular flexibility index (Phi) is 5.15. The van der Waals surface area contributed by atoms with Crippen molar-refractivity contribution in [3.63, 3.8) is 0 Å². The monoisotopic (exact) mass is 298 g/mol. The molecule has 5 nitrogen and oxygen atoms in total. The average molecular weight is 298 g/mol. The highest BCUT2D eigenvalue weighted by molar-refractivity contribution is 7.89. The van der Waals surface area contributed by atoms with Gasteiger partial charge >= 0.3 is 0 Å². The van der Waals surface area contributed by atoms with Gasteiger partial charge < -0.3 is 10.5 Å². The number of hydrogen-bond donors (Lipinski definition) is 1. The van der Waals surface area contributed by atoms with Crippen molar-refractivity contribution in [2.24, 2.45) is 5.73 Å². The van der Waals surface area contributed by atoms with Crippen molar-refractivity contribution in [2.45, 2.75) is 31.2 Å². The van der Waals surface area contributed by atoms with E-state index in [4.69, 9.17) is 10.5 Å². The molecule has 0 aromatic heterocycles. The SMILES string of the molecule is CCc1ccc(CN)cc1S(=O)(=O)N1CCCOCC1. The number of ether oxygens (including phenoxy) is 1. The van der Waals surface area contributed by atoms with Gasteiger partial charge in [0.05, 0.1) is 11.5 Å². The lowest BCUT2D eigenvalue weighted by Gasteiger charge is -2.21. The third kappa shape index (κ3) is 3.20. The zero-order valence-electron chi connectivity index (χ0n) is 11.8. The van der Waals surface area contributed by atoms with Gasteiger partial charge in [0.1, 0.15) is 0 Å². The van der Waals surface area contributed by atoms with Crippen LogP contribution in [-0.2, 0) is 27.7 Å². The van der Waals surface area contributed by atoms with E-state index >= 15 is 0 Å². The van der Waals surface area contributed by atoms with Crippen LogP contribution in [0.1, 0.15) is 24.5 Å². The fourth-order valence-corrected chi connectivity index (χ4v) is 4.17. The van der Waals surface area contributed by atoms with Gasteiger partial charge in [0, 0.05) is 26.2 Å². The molecule has 112 valence electrons. The molecule has 0 aliphatic carbocycles. The normalized spacial score (nSPS) is 17.9. The smallest absolute Gasteiger partial charge is 0.243 e. The molecule has 0 amide bonds. The van der Waals surface area contributed by atoms with Gasteiger partial charge in [-0.15, -0.1) is 0 Å². The highest BCUT2D eigenvalue weighted by atomic mass is 32.2. The molecule has 1 saturated heterocycles. The average Bonchev–Trinajstić information content (AvgIpc) is 2.76. The Hall–Kier alpha value is -0.950. The summed E-state index contributed by atoms with van der Waals surface area (Å²) in [4.78, 5) is 0.393. The van der Waals surface area contributed by atoms with E-state index in [1.54, 1.807) is 6.07 Å². The van der Waals surface area contributed by atoms with E-state index in [1.807, 2.05) is 19.1 Å². The van der Waals surface area contributed by atoms with Gasteiger partial charge in [-0.2, -0.15) is 4.31 Å². The van der Waals surface area contributed by atoms with Crippen LogP contribution in [0.5, 0.6) is 0 Å². The Bertz CT molecular complexity index is 550. The first-order chi connectivity index (χ1) is 9.59. The van der Waals surface area contributed by atoms with Crippen molar-refractivity contribution in [1.29, 1.82) is 0 Å². The zero-order chi connectivity index (χ0) is 14.6. The van der Waals surface area contributed by atoms with Gasteiger partial charge in [-0.25, -0.2) is 8.42 Å². The van der Waals surface area contributed by atoms with Gasteiger partial charge in [-0.05, 0) is 30.0 Å². The third-order valence-electron chi connectivity index (χ3n) is 3.55. The lowest BCUT2D eigenvalue weighted by atomic mass is 10.1. The second-order valence-electron chi connectivity index (χ2n) is 4.87. The van der Waals surface area contributed by atoms with Crippen molar-refractivity contribution in [2.75, 3.05) is 26.3 Å². The fraction of sp³-hybridized carbons (Fsp3) is 0.571. The number of hydrogen-bond acceptors (Lipinski definition) is 4. The molecule has 1 heterocycles. The fourth-order valence-electron chi connectivity index (χ4n) is 2.36. The maximum Gasteiger partial charge on any atom is 0.243 e. The van der Waals surface area contributed by atoms with Crippen LogP contribution in [0.3, 0.4) is 0 Å². The summed E-state index contributed by atoms with van der Waals surface area (Å²) in [6, 6.07) is 5.46. The molecule has 0 unspecified atom stereocenters. The van der Waals surface area contributed by atoms with Crippen LogP contribution in [-0.4, -0.2) is 39.0 Å². The largest absolute Gasteiger partial charge is 0.380 e. The van der Waals surface area contributed by atoms with Gasteiger partial charge in [0.2, 0.25) is 10.0 Å². The van der Waals surface area contributed by atoms with E-state index in [-0.39, 0.29) is 0 Å². The number of benzene rings is 1. The minimum Gasteiger partial charge on any atom is -0.380 e. The molecule has 0 saturated carbocycles. The quantitative estimate of drug-likeness (QED) is 0.904. The second-order valence-corrected chi connectivity index (χ2v) is 6.78. The van der Waals surface area contributed by atoms with Crippen LogP contribution in [0, 0.1) is 0 Å². The summed E-state index contributed by atoms with van der Waals surface area (Å²) in [6.07, 6.45) is 1.42. The topological polar surface area (TPSA) is 72.6 Å². The third-order valence-corrected chi connectivity index (χ3v) is 5.53. The summed E-state index contributed by atoms with van der Waals surface area (Å²) >= 11 is 0. The van der Waals surface area contributed by atoms with E-state index in [0.717, 1.165) is 17.5 Å². The van der Waals surface area contributed by atoms with E-state index in [9.17, 15) is 8.42 Å². The number of nitrogens with zero attached hydrogens (tertiary/aromatic N) is 1. The first-order valence-electron chi connectivity index (χ1n) is 6.99. The highest BCUT2D eigenvalue weighted by Gasteiger charge is 2.27. The number of nitrogens with two attached hydrogens (primary N) is 1. The lowest BCUT2D eigenvalue weighted by molar-refractivity contribution is 0.148. The molecule has 0 bridgehead atoms. The number of aryl methyl sites for hydroxylation is 1. The summed E-state index contributed by atoms with van der Waals surface area (Å²) in [5.74, 6) is 0. The Labute approximate surface area is 120 Å². The predicted molar refractivity (Wildman–Crippen MR) is 77.9 cm³/mol. The summed E-state index contributed by atoms with van der Waals surface area (Å²) in [7, 11) is -3.46. The van der Waals surface area contributed by atoms with Crippen LogP contribution in [0.15, 0.2) is 23.1 Å². The molecule has 6 heteroatoms. The van der Waals surface area contributed by atoms with Gasteiger partial charge in [-0.1, -0.05) is 19.1 Å². The molecule has 1 aromatic rings. The Balaban J connectivity index is 2.41. The highest BCUT2D eigenvalue weighted by Crippen LogP contribution is 2.23. The molecule has 1 aliphatic heterocycles. The zero-order valence-corrected chi connectivity index (χ0v) is 12.7. The number of sulfonamides is 1. The molecule has 1 fully saturated rings. The van der Waals surface area contributed by atoms with Crippen LogP contribution >= 0.6 is 0 Å². The van der Waals surface area contributed by atoms with E-state index < -0.39 is 10.0 Å². The molecule has 1 aromatic carbocycles. The second kappa shape index (κ2) is 6.67. The van der Waals surface area contributed by atoms with E-state index in [0.29, 0.717) is 44.2 Å². The molecule has 0 radical (unpaired) electrons. The molecule has 0 spiro atoms. The maximum absolute atomic E-state index is 12.8. The predicted octanol–water partition coefficient (Wildman–Crippen LogP) is 1.12. The minimum absolute atomic E-state index is 0.343. The molecule has 2 rings (SSSR count). The van der Waals surface area contributed by atoms with Crippen LogP contribution in [0.4, 0.5) is 0 Å². The lowest BCUT2D eigenvalue weighted by Crippen LogP contribution is -2.34. The Morgan fingerprint density at radius 2 is 2.10 bits per heavy atom. The first-order valence-corrected chi connectivity index (χ1v) is 8.43. The first kappa shape index (κ1) is 15.4. The van der Waals surface area contributed by atoms with Crippen LogP contribution in [0.25, 0.3) is 0 Å². The maximum atomic E-state index is 12.8.